The summed E-state index contributed by atoms with van der Waals surface area (Å²) in [6, 6.07) is 13.8. The Labute approximate surface area is 172 Å². The van der Waals surface area contributed by atoms with Gasteiger partial charge < -0.3 is 9.47 Å². The van der Waals surface area contributed by atoms with E-state index in [2.05, 4.69) is 31.1 Å². The molecule has 0 unspecified atom stereocenters. The standard InChI is InChI=1S/C19H14BrN5O2S/c1-26-16-8-17(27-11-12-5-3-2-4-6-12)22-24-9-13(7-15(16)24)14-10-25-19(21-14)28-18(20)23-25/h2-10H,11H2,1H3. The summed E-state index contributed by atoms with van der Waals surface area (Å²) >= 11 is 4.85. The van der Waals surface area contributed by atoms with Crippen molar-refractivity contribution >= 4 is 37.7 Å². The van der Waals surface area contributed by atoms with Crippen LogP contribution in [0.2, 0.25) is 0 Å². The third-order valence-corrected chi connectivity index (χ3v) is 5.63. The van der Waals surface area contributed by atoms with Gasteiger partial charge in [-0.1, -0.05) is 41.7 Å². The Morgan fingerprint density at radius 3 is 2.71 bits per heavy atom. The summed E-state index contributed by atoms with van der Waals surface area (Å²) in [6.45, 7) is 0.439. The largest absolute Gasteiger partial charge is 0.494 e. The summed E-state index contributed by atoms with van der Waals surface area (Å²) in [5, 5.41) is 8.90. The fourth-order valence-electron chi connectivity index (χ4n) is 2.96. The minimum absolute atomic E-state index is 0.439. The van der Waals surface area contributed by atoms with E-state index in [1.165, 1.54) is 11.3 Å². The van der Waals surface area contributed by atoms with Gasteiger partial charge >= 0.3 is 0 Å². The Bertz CT molecular complexity index is 1250. The van der Waals surface area contributed by atoms with Crippen molar-refractivity contribution in [3.63, 3.8) is 0 Å². The van der Waals surface area contributed by atoms with Crippen LogP contribution in [0.5, 0.6) is 11.6 Å². The Hall–Kier alpha value is -2.91. The minimum Gasteiger partial charge on any atom is -0.494 e. The number of hydrogen-bond donors (Lipinski definition) is 0. The highest BCUT2D eigenvalue weighted by Crippen LogP contribution is 2.30. The van der Waals surface area contributed by atoms with E-state index >= 15 is 0 Å². The lowest BCUT2D eigenvalue weighted by molar-refractivity contribution is 0.286. The van der Waals surface area contributed by atoms with Crippen LogP contribution in [-0.4, -0.2) is 31.3 Å². The van der Waals surface area contributed by atoms with Gasteiger partial charge in [-0.2, -0.15) is 0 Å². The number of ether oxygens (including phenoxy) is 2. The average Bonchev–Trinajstić information content (AvgIpc) is 3.38. The van der Waals surface area contributed by atoms with Gasteiger partial charge in [0.05, 0.1) is 19.0 Å². The monoisotopic (exact) mass is 455 g/mol. The number of fused-ring (bicyclic) bond motifs is 2. The molecule has 5 rings (SSSR count). The third kappa shape index (κ3) is 3.12. The van der Waals surface area contributed by atoms with E-state index < -0.39 is 0 Å². The number of halogens is 1. The second-order valence-electron chi connectivity index (χ2n) is 6.09. The van der Waals surface area contributed by atoms with Crippen LogP contribution < -0.4 is 9.47 Å². The van der Waals surface area contributed by atoms with Gasteiger partial charge in [0.15, 0.2) is 3.92 Å². The van der Waals surface area contributed by atoms with Crippen LogP contribution in [0.1, 0.15) is 5.56 Å². The Balaban J connectivity index is 1.50. The molecule has 0 aliphatic carbocycles. The number of nitrogens with zero attached hydrogens (tertiary/aromatic N) is 5. The summed E-state index contributed by atoms with van der Waals surface area (Å²) in [4.78, 5) is 5.45. The molecule has 140 valence electrons. The molecule has 0 saturated carbocycles. The second kappa shape index (κ2) is 6.92. The average molecular weight is 456 g/mol. The van der Waals surface area contributed by atoms with Crippen molar-refractivity contribution in [2.24, 2.45) is 0 Å². The molecule has 0 saturated heterocycles. The van der Waals surface area contributed by atoms with E-state index in [9.17, 15) is 0 Å². The number of rotatable bonds is 5. The van der Waals surface area contributed by atoms with Gasteiger partial charge in [-0.05, 0) is 27.6 Å². The van der Waals surface area contributed by atoms with Gasteiger partial charge in [0.25, 0.3) is 0 Å². The van der Waals surface area contributed by atoms with Gasteiger partial charge in [-0.25, -0.2) is 14.0 Å². The van der Waals surface area contributed by atoms with Crippen molar-refractivity contribution in [3.8, 4) is 22.9 Å². The lowest BCUT2D eigenvalue weighted by Gasteiger charge is -2.08. The number of hydrogen-bond acceptors (Lipinski definition) is 6. The molecule has 0 amide bonds. The number of aromatic nitrogens is 5. The first-order valence-corrected chi connectivity index (χ1v) is 10.1. The fourth-order valence-corrected chi connectivity index (χ4v) is 4.18. The van der Waals surface area contributed by atoms with Crippen molar-refractivity contribution in [3.05, 3.63) is 64.3 Å². The highest BCUT2D eigenvalue weighted by atomic mass is 79.9. The Kier molecular flexibility index (Phi) is 4.25. The van der Waals surface area contributed by atoms with Gasteiger partial charge in [-0.15, -0.1) is 10.2 Å². The molecular weight excluding hydrogens is 442 g/mol. The first kappa shape index (κ1) is 17.2. The van der Waals surface area contributed by atoms with Crippen molar-refractivity contribution in [2.45, 2.75) is 6.61 Å². The lowest BCUT2D eigenvalue weighted by atomic mass is 10.2. The lowest BCUT2D eigenvalue weighted by Crippen LogP contribution is -2.01. The highest BCUT2D eigenvalue weighted by molar-refractivity contribution is 9.11. The van der Waals surface area contributed by atoms with Crippen LogP contribution in [0.15, 0.2) is 58.8 Å². The molecule has 9 heteroatoms. The molecule has 7 nitrogen and oxygen atoms in total. The van der Waals surface area contributed by atoms with E-state index in [4.69, 9.17) is 9.47 Å². The van der Waals surface area contributed by atoms with Crippen molar-refractivity contribution < 1.29 is 9.47 Å². The zero-order valence-corrected chi connectivity index (χ0v) is 17.1. The zero-order chi connectivity index (χ0) is 19.1. The predicted molar refractivity (Wildman–Crippen MR) is 110 cm³/mol. The van der Waals surface area contributed by atoms with E-state index in [0.717, 1.165) is 31.2 Å². The SMILES string of the molecule is COc1cc(OCc2ccccc2)nn2cc(-c3cn4nc(Br)sc4n3)cc12. The van der Waals surface area contributed by atoms with Crippen LogP contribution in [-0.2, 0) is 6.61 Å². The molecular formula is C19H14BrN5O2S. The van der Waals surface area contributed by atoms with E-state index in [0.29, 0.717) is 18.2 Å². The minimum atomic E-state index is 0.439. The second-order valence-corrected chi connectivity index (χ2v) is 8.32. The quantitative estimate of drug-likeness (QED) is 0.391. The normalized spacial score (nSPS) is 11.4. The Morgan fingerprint density at radius 2 is 1.93 bits per heavy atom. The van der Waals surface area contributed by atoms with E-state index in [1.54, 1.807) is 22.2 Å². The summed E-state index contributed by atoms with van der Waals surface area (Å²) in [7, 11) is 1.64. The summed E-state index contributed by atoms with van der Waals surface area (Å²) in [5.74, 6) is 1.18. The van der Waals surface area contributed by atoms with Gasteiger partial charge in [-0.3, -0.25) is 0 Å². The molecule has 1 aromatic carbocycles. The number of benzene rings is 1. The van der Waals surface area contributed by atoms with Crippen molar-refractivity contribution in [1.82, 2.24) is 24.2 Å². The molecule has 4 aromatic heterocycles. The van der Waals surface area contributed by atoms with Crippen molar-refractivity contribution in [1.29, 1.82) is 0 Å². The van der Waals surface area contributed by atoms with Crippen LogP contribution in [0.4, 0.5) is 0 Å². The van der Waals surface area contributed by atoms with Crippen molar-refractivity contribution in [2.75, 3.05) is 7.11 Å². The molecule has 0 N–H and O–H groups in total. The van der Waals surface area contributed by atoms with Gasteiger partial charge in [0.2, 0.25) is 10.8 Å². The molecule has 5 aromatic rings. The maximum Gasteiger partial charge on any atom is 0.235 e. The number of methoxy groups -OCH3 is 1. The molecule has 0 aliphatic rings. The molecule has 28 heavy (non-hydrogen) atoms. The molecule has 0 spiro atoms. The Morgan fingerprint density at radius 1 is 1.07 bits per heavy atom. The summed E-state index contributed by atoms with van der Waals surface area (Å²) in [5.41, 5.74) is 3.67. The molecule has 4 heterocycles. The maximum absolute atomic E-state index is 5.86. The zero-order valence-electron chi connectivity index (χ0n) is 14.7. The molecule has 0 fully saturated rings. The smallest absolute Gasteiger partial charge is 0.235 e. The third-order valence-electron chi connectivity index (χ3n) is 4.28. The summed E-state index contributed by atoms with van der Waals surface area (Å²) in [6.07, 6.45) is 3.80. The fraction of sp³-hybridized carbons (Fsp3) is 0.105. The van der Waals surface area contributed by atoms with Gasteiger partial charge in [0, 0.05) is 17.8 Å². The predicted octanol–water partition coefficient (Wildman–Crippen LogP) is 4.46. The first-order chi connectivity index (χ1) is 13.7. The summed E-state index contributed by atoms with van der Waals surface area (Å²) < 4.78 is 15.7. The van der Waals surface area contributed by atoms with Crippen LogP contribution in [0.3, 0.4) is 0 Å². The molecule has 0 bridgehead atoms. The first-order valence-electron chi connectivity index (χ1n) is 8.46. The molecule has 0 atom stereocenters. The highest BCUT2D eigenvalue weighted by Gasteiger charge is 2.14. The van der Waals surface area contributed by atoms with Crippen LogP contribution in [0.25, 0.3) is 21.7 Å². The maximum atomic E-state index is 5.86. The molecule has 0 aliphatic heterocycles. The van der Waals surface area contributed by atoms with E-state index in [1.807, 2.05) is 48.8 Å². The van der Waals surface area contributed by atoms with Gasteiger partial charge in [0.1, 0.15) is 17.9 Å². The topological polar surface area (TPSA) is 66.0 Å². The van der Waals surface area contributed by atoms with E-state index in [-0.39, 0.29) is 0 Å². The molecule has 0 radical (unpaired) electrons. The van der Waals surface area contributed by atoms with Crippen LogP contribution >= 0.6 is 27.3 Å². The van der Waals surface area contributed by atoms with Crippen LogP contribution in [0, 0.1) is 0 Å². The number of imidazole rings is 1.